The summed E-state index contributed by atoms with van der Waals surface area (Å²) in [6.45, 7) is 8.69. The highest BCUT2D eigenvalue weighted by molar-refractivity contribution is 5.86. The first-order valence-corrected chi connectivity index (χ1v) is 8.59. The number of amides is 2. The summed E-state index contributed by atoms with van der Waals surface area (Å²) in [4.78, 5) is 26.2. The maximum absolute atomic E-state index is 12.4. The molecule has 5 nitrogen and oxygen atoms in total. The van der Waals surface area contributed by atoms with Gasteiger partial charge in [-0.15, -0.1) is 0 Å². The average Bonchev–Trinajstić information content (AvgIpc) is 2.95. The van der Waals surface area contributed by atoms with Crippen molar-refractivity contribution in [3.63, 3.8) is 0 Å². The first kappa shape index (κ1) is 18.3. The molecule has 0 saturated carbocycles. The minimum absolute atomic E-state index is 0.0917. The Kier molecular flexibility index (Phi) is 5.86. The van der Waals surface area contributed by atoms with Crippen molar-refractivity contribution in [2.75, 3.05) is 13.1 Å². The second-order valence-electron chi connectivity index (χ2n) is 7.36. The van der Waals surface area contributed by atoms with Crippen LogP contribution in [0.25, 0.3) is 0 Å². The number of likely N-dealkylation sites (tertiary alicyclic amines) is 1. The fourth-order valence-electron chi connectivity index (χ4n) is 2.89. The maximum atomic E-state index is 12.4. The van der Waals surface area contributed by atoms with Crippen LogP contribution < -0.4 is 5.32 Å². The van der Waals surface area contributed by atoms with E-state index in [1.54, 1.807) is 4.90 Å². The molecule has 1 aliphatic heterocycles. The summed E-state index contributed by atoms with van der Waals surface area (Å²) < 4.78 is 5.40. The molecule has 1 aromatic carbocycles. The fraction of sp³-hybridized carbons (Fsp3) is 0.579. The molecule has 1 aromatic rings. The van der Waals surface area contributed by atoms with Crippen LogP contribution >= 0.6 is 0 Å². The SMILES string of the molecule is Cc1cccc(CCNC(=O)C2CCCN2C(=O)OC(C)(C)C)c1. The summed E-state index contributed by atoms with van der Waals surface area (Å²) >= 11 is 0. The molecule has 1 fully saturated rings. The van der Waals surface area contributed by atoms with Crippen LogP contribution in [0, 0.1) is 6.92 Å². The summed E-state index contributed by atoms with van der Waals surface area (Å²) in [5.74, 6) is -0.0917. The van der Waals surface area contributed by atoms with E-state index in [1.807, 2.05) is 26.8 Å². The molecule has 1 aliphatic rings. The molecule has 0 bridgehead atoms. The molecular weight excluding hydrogens is 304 g/mol. The van der Waals surface area contributed by atoms with Crippen molar-refractivity contribution < 1.29 is 14.3 Å². The van der Waals surface area contributed by atoms with Gasteiger partial charge in [0.25, 0.3) is 0 Å². The highest BCUT2D eigenvalue weighted by Gasteiger charge is 2.36. The fourth-order valence-corrected chi connectivity index (χ4v) is 2.89. The third kappa shape index (κ3) is 5.25. The number of ether oxygens (including phenoxy) is 1. The zero-order valence-electron chi connectivity index (χ0n) is 15.1. The molecule has 1 saturated heterocycles. The van der Waals surface area contributed by atoms with Gasteiger partial charge in [0.1, 0.15) is 11.6 Å². The van der Waals surface area contributed by atoms with Crippen LogP contribution in [0.3, 0.4) is 0 Å². The molecule has 1 heterocycles. The lowest BCUT2D eigenvalue weighted by molar-refractivity contribution is -0.125. The molecule has 2 amide bonds. The normalized spacial score (nSPS) is 17.7. The Hall–Kier alpha value is -2.04. The van der Waals surface area contributed by atoms with Crippen LogP contribution in [-0.4, -0.2) is 41.6 Å². The molecule has 0 aromatic heterocycles. The van der Waals surface area contributed by atoms with Crippen LogP contribution in [0.15, 0.2) is 24.3 Å². The van der Waals surface area contributed by atoms with Crippen molar-refractivity contribution >= 4 is 12.0 Å². The van der Waals surface area contributed by atoms with E-state index in [-0.39, 0.29) is 5.91 Å². The van der Waals surface area contributed by atoms with Gasteiger partial charge in [0.15, 0.2) is 0 Å². The highest BCUT2D eigenvalue weighted by atomic mass is 16.6. The minimum atomic E-state index is -0.550. The molecule has 0 radical (unpaired) electrons. The number of hydrogen-bond acceptors (Lipinski definition) is 3. The van der Waals surface area contributed by atoms with Crippen LogP contribution in [0.5, 0.6) is 0 Å². The first-order valence-electron chi connectivity index (χ1n) is 8.59. The summed E-state index contributed by atoms with van der Waals surface area (Å²) in [6, 6.07) is 7.83. The van der Waals surface area contributed by atoms with Gasteiger partial charge in [-0.05, 0) is 52.5 Å². The van der Waals surface area contributed by atoms with Gasteiger partial charge in [-0.2, -0.15) is 0 Å². The van der Waals surface area contributed by atoms with E-state index < -0.39 is 17.7 Å². The zero-order valence-corrected chi connectivity index (χ0v) is 15.1. The summed E-state index contributed by atoms with van der Waals surface area (Å²) in [5, 5.41) is 2.95. The van der Waals surface area contributed by atoms with Crippen LogP contribution in [0.4, 0.5) is 4.79 Å². The van der Waals surface area contributed by atoms with Crippen LogP contribution in [0.1, 0.15) is 44.7 Å². The Morgan fingerprint density at radius 1 is 1.33 bits per heavy atom. The second-order valence-corrected chi connectivity index (χ2v) is 7.36. The Balaban J connectivity index is 1.85. The number of rotatable bonds is 4. The third-order valence-corrected chi connectivity index (χ3v) is 3.98. The van der Waals surface area contributed by atoms with Crippen molar-refractivity contribution in [1.29, 1.82) is 0 Å². The van der Waals surface area contributed by atoms with E-state index in [0.29, 0.717) is 19.5 Å². The van der Waals surface area contributed by atoms with E-state index in [0.717, 1.165) is 12.8 Å². The van der Waals surface area contributed by atoms with E-state index >= 15 is 0 Å². The summed E-state index contributed by atoms with van der Waals surface area (Å²) in [5.41, 5.74) is 1.86. The van der Waals surface area contributed by atoms with Crippen molar-refractivity contribution in [2.45, 2.75) is 58.6 Å². The van der Waals surface area contributed by atoms with E-state index in [9.17, 15) is 9.59 Å². The second kappa shape index (κ2) is 7.69. The van der Waals surface area contributed by atoms with Gasteiger partial charge in [-0.3, -0.25) is 9.69 Å². The Bertz CT molecular complexity index is 593. The average molecular weight is 332 g/mol. The largest absolute Gasteiger partial charge is 0.444 e. The van der Waals surface area contributed by atoms with E-state index in [4.69, 9.17) is 4.74 Å². The Labute approximate surface area is 144 Å². The Morgan fingerprint density at radius 2 is 2.08 bits per heavy atom. The molecule has 1 atom stereocenters. The van der Waals surface area contributed by atoms with Gasteiger partial charge in [-0.25, -0.2) is 4.79 Å². The number of nitrogens with one attached hydrogen (secondary N) is 1. The van der Waals surface area contributed by atoms with Gasteiger partial charge in [0.2, 0.25) is 5.91 Å². The number of benzene rings is 1. The van der Waals surface area contributed by atoms with E-state index in [1.165, 1.54) is 11.1 Å². The van der Waals surface area contributed by atoms with Gasteiger partial charge in [0, 0.05) is 13.1 Å². The monoisotopic (exact) mass is 332 g/mol. The van der Waals surface area contributed by atoms with Crippen LogP contribution in [0.2, 0.25) is 0 Å². The van der Waals surface area contributed by atoms with Gasteiger partial charge in [0.05, 0.1) is 0 Å². The third-order valence-electron chi connectivity index (χ3n) is 3.98. The molecule has 5 heteroatoms. The molecule has 1 N–H and O–H groups in total. The topological polar surface area (TPSA) is 58.6 Å². The predicted molar refractivity (Wildman–Crippen MR) is 93.9 cm³/mol. The zero-order chi connectivity index (χ0) is 17.7. The van der Waals surface area contributed by atoms with E-state index in [2.05, 4.69) is 30.4 Å². The lowest BCUT2D eigenvalue weighted by Gasteiger charge is -2.28. The van der Waals surface area contributed by atoms with Crippen molar-refractivity contribution in [3.8, 4) is 0 Å². The number of carbonyl (C=O) groups is 2. The molecular formula is C19H28N2O3. The number of carbonyl (C=O) groups excluding carboxylic acids is 2. The van der Waals surface area contributed by atoms with Crippen LogP contribution in [-0.2, 0) is 16.0 Å². The maximum Gasteiger partial charge on any atom is 0.410 e. The lowest BCUT2D eigenvalue weighted by atomic mass is 10.1. The molecule has 1 unspecified atom stereocenters. The standard InChI is InChI=1S/C19H28N2O3/c1-14-7-5-8-15(13-14)10-11-20-17(22)16-9-6-12-21(16)18(23)24-19(2,3)4/h5,7-8,13,16H,6,9-12H2,1-4H3,(H,20,22). The number of aryl methyl sites for hydroxylation is 1. The van der Waals surface area contributed by atoms with Crippen molar-refractivity contribution in [1.82, 2.24) is 10.2 Å². The smallest absolute Gasteiger partial charge is 0.410 e. The first-order chi connectivity index (χ1) is 11.3. The number of nitrogens with zero attached hydrogens (tertiary/aromatic N) is 1. The molecule has 0 spiro atoms. The number of hydrogen-bond donors (Lipinski definition) is 1. The highest BCUT2D eigenvalue weighted by Crippen LogP contribution is 2.21. The minimum Gasteiger partial charge on any atom is -0.444 e. The van der Waals surface area contributed by atoms with Gasteiger partial charge in [-0.1, -0.05) is 29.8 Å². The lowest BCUT2D eigenvalue weighted by Crippen LogP contribution is -2.47. The molecule has 2 rings (SSSR count). The Morgan fingerprint density at radius 3 is 2.75 bits per heavy atom. The van der Waals surface area contributed by atoms with Gasteiger partial charge < -0.3 is 10.1 Å². The summed E-state index contributed by atoms with van der Waals surface area (Å²) in [6.07, 6.45) is 1.90. The van der Waals surface area contributed by atoms with Crippen molar-refractivity contribution in [2.24, 2.45) is 0 Å². The van der Waals surface area contributed by atoms with Crippen molar-refractivity contribution in [3.05, 3.63) is 35.4 Å². The quantitative estimate of drug-likeness (QED) is 0.922. The van der Waals surface area contributed by atoms with Gasteiger partial charge >= 0.3 is 6.09 Å². The molecule has 132 valence electrons. The molecule has 24 heavy (non-hydrogen) atoms. The predicted octanol–water partition coefficient (Wildman–Crippen LogP) is 3.05. The summed E-state index contributed by atoms with van der Waals surface area (Å²) in [7, 11) is 0. The molecule has 0 aliphatic carbocycles.